The number of hydrogen-bond donors (Lipinski definition) is 2. The van der Waals surface area contributed by atoms with Crippen LogP contribution in [-0.2, 0) is 4.74 Å². The lowest BCUT2D eigenvalue weighted by Crippen LogP contribution is -2.23. The van der Waals surface area contributed by atoms with Crippen LogP contribution >= 0.6 is 0 Å². The van der Waals surface area contributed by atoms with Gasteiger partial charge >= 0.3 is 0 Å². The normalized spacial score (nSPS) is 23.5. The minimum Gasteiger partial charge on any atom is -0.381 e. The molecule has 0 bridgehead atoms. The van der Waals surface area contributed by atoms with Crippen molar-refractivity contribution in [3.05, 3.63) is 0 Å². The molecule has 64 valence electrons. The fraction of sp³-hybridized carbons (Fsp3) is 0.857. The molecular weight excluding hydrogens is 142 g/mol. The molecule has 1 rings (SSSR count). The Morgan fingerprint density at radius 3 is 2.91 bits per heavy atom. The zero-order valence-electron chi connectivity index (χ0n) is 6.62. The van der Waals surface area contributed by atoms with Crippen LogP contribution in [0.2, 0.25) is 0 Å². The first-order chi connectivity index (χ1) is 5.29. The molecule has 0 amide bonds. The Labute approximate surface area is 66.6 Å². The quantitative estimate of drug-likeness (QED) is 0.436. The summed E-state index contributed by atoms with van der Waals surface area (Å²) in [7, 11) is 0. The molecule has 1 heterocycles. The van der Waals surface area contributed by atoms with Gasteiger partial charge in [-0.25, -0.2) is 0 Å². The average Bonchev–Trinajstić information content (AvgIpc) is 2.39. The molecule has 1 unspecified atom stereocenters. The van der Waals surface area contributed by atoms with Crippen molar-refractivity contribution < 1.29 is 4.74 Å². The van der Waals surface area contributed by atoms with Crippen LogP contribution in [0.1, 0.15) is 12.8 Å². The van der Waals surface area contributed by atoms with E-state index in [0.717, 1.165) is 32.6 Å². The molecule has 0 aromatic heterocycles. The molecular formula is C7H15N3O. The van der Waals surface area contributed by atoms with Gasteiger partial charge in [0, 0.05) is 19.8 Å². The molecule has 4 heteroatoms. The highest BCUT2D eigenvalue weighted by molar-refractivity contribution is 5.75. The third kappa shape index (κ3) is 3.23. The minimum atomic E-state index is 0.184. The number of nitrogens with two attached hydrogens (primary N) is 2. The van der Waals surface area contributed by atoms with E-state index in [1.807, 2.05) is 0 Å². The average molecular weight is 157 g/mol. The summed E-state index contributed by atoms with van der Waals surface area (Å²) in [5, 5.41) is 0. The van der Waals surface area contributed by atoms with Crippen molar-refractivity contribution in [3.63, 3.8) is 0 Å². The summed E-state index contributed by atoms with van der Waals surface area (Å²) in [5.41, 5.74) is 10.3. The van der Waals surface area contributed by atoms with Gasteiger partial charge in [-0.2, -0.15) is 0 Å². The first kappa shape index (κ1) is 8.33. The highest BCUT2D eigenvalue weighted by Crippen LogP contribution is 2.15. The Balaban J connectivity index is 2.07. The molecule has 0 saturated carbocycles. The van der Waals surface area contributed by atoms with Gasteiger partial charge < -0.3 is 16.2 Å². The molecule has 1 fully saturated rings. The molecule has 0 spiro atoms. The van der Waals surface area contributed by atoms with Gasteiger partial charge in [0.2, 0.25) is 0 Å². The molecule has 1 saturated heterocycles. The monoisotopic (exact) mass is 157 g/mol. The molecule has 1 aliphatic heterocycles. The molecule has 11 heavy (non-hydrogen) atoms. The molecule has 4 nitrogen and oxygen atoms in total. The Kier molecular flexibility index (Phi) is 3.16. The van der Waals surface area contributed by atoms with Crippen molar-refractivity contribution in [3.8, 4) is 0 Å². The number of ether oxygens (including phenoxy) is 1. The van der Waals surface area contributed by atoms with E-state index in [4.69, 9.17) is 16.2 Å². The molecule has 1 atom stereocenters. The Morgan fingerprint density at radius 1 is 1.55 bits per heavy atom. The fourth-order valence-electron chi connectivity index (χ4n) is 1.19. The van der Waals surface area contributed by atoms with Crippen LogP contribution in [0, 0.1) is 5.92 Å². The van der Waals surface area contributed by atoms with Gasteiger partial charge in [0.1, 0.15) is 0 Å². The fourth-order valence-corrected chi connectivity index (χ4v) is 1.19. The predicted molar refractivity (Wildman–Crippen MR) is 44.2 cm³/mol. The summed E-state index contributed by atoms with van der Waals surface area (Å²) >= 11 is 0. The van der Waals surface area contributed by atoms with Crippen molar-refractivity contribution in [1.82, 2.24) is 0 Å². The van der Waals surface area contributed by atoms with Crippen LogP contribution in [0.4, 0.5) is 0 Å². The van der Waals surface area contributed by atoms with Crippen LogP contribution in [0.5, 0.6) is 0 Å². The molecule has 0 aromatic carbocycles. The summed E-state index contributed by atoms with van der Waals surface area (Å²) in [6, 6.07) is 0. The van der Waals surface area contributed by atoms with E-state index in [-0.39, 0.29) is 5.96 Å². The maximum atomic E-state index is 5.20. The summed E-state index contributed by atoms with van der Waals surface area (Å²) in [6.45, 7) is 2.50. The third-order valence-corrected chi connectivity index (χ3v) is 1.86. The molecule has 0 radical (unpaired) electrons. The first-order valence-electron chi connectivity index (χ1n) is 3.92. The van der Waals surface area contributed by atoms with E-state index in [1.54, 1.807) is 0 Å². The lowest BCUT2D eigenvalue weighted by Gasteiger charge is -2.02. The van der Waals surface area contributed by atoms with Gasteiger partial charge in [0.05, 0.1) is 0 Å². The Hall–Kier alpha value is -0.770. The Bertz CT molecular complexity index is 137. The van der Waals surface area contributed by atoms with Gasteiger partial charge in [0.25, 0.3) is 0 Å². The van der Waals surface area contributed by atoms with Crippen LogP contribution in [0.15, 0.2) is 4.99 Å². The standard InChI is InChI=1S/C7H15N3O/c8-7(9)10-3-1-6-2-4-11-5-6/h6H,1-5H2,(H4,8,9,10). The van der Waals surface area contributed by atoms with Crippen LogP contribution in [0.3, 0.4) is 0 Å². The summed E-state index contributed by atoms with van der Waals surface area (Å²) in [6.07, 6.45) is 2.19. The van der Waals surface area contributed by atoms with E-state index in [9.17, 15) is 0 Å². The number of guanidine groups is 1. The summed E-state index contributed by atoms with van der Waals surface area (Å²) in [5.74, 6) is 0.849. The van der Waals surface area contributed by atoms with Crippen molar-refractivity contribution in [2.75, 3.05) is 19.8 Å². The molecule has 4 N–H and O–H groups in total. The van der Waals surface area contributed by atoms with E-state index >= 15 is 0 Å². The molecule has 1 aliphatic rings. The van der Waals surface area contributed by atoms with Crippen LogP contribution in [0.25, 0.3) is 0 Å². The molecule has 0 aliphatic carbocycles. The predicted octanol–water partition coefficient (Wildman–Crippen LogP) is -0.314. The molecule has 0 aromatic rings. The van der Waals surface area contributed by atoms with Gasteiger partial charge in [-0.05, 0) is 18.8 Å². The lowest BCUT2D eigenvalue weighted by molar-refractivity contribution is 0.184. The van der Waals surface area contributed by atoms with E-state index < -0.39 is 0 Å². The van der Waals surface area contributed by atoms with Crippen molar-refractivity contribution in [1.29, 1.82) is 0 Å². The highest BCUT2D eigenvalue weighted by atomic mass is 16.5. The van der Waals surface area contributed by atoms with Gasteiger partial charge in [-0.15, -0.1) is 0 Å². The number of rotatable bonds is 3. The first-order valence-corrected chi connectivity index (χ1v) is 3.92. The Morgan fingerprint density at radius 2 is 2.36 bits per heavy atom. The topological polar surface area (TPSA) is 73.6 Å². The maximum absolute atomic E-state index is 5.20. The van der Waals surface area contributed by atoms with Crippen molar-refractivity contribution in [2.24, 2.45) is 22.4 Å². The largest absolute Gasteiger partial charge is 0.381 e. The second kappa shape index (κ2) is 4.18. The minimum absolute atomic E-state index is 0.184. The van der Waals surface area contributed by atoms with Crippen molar-refractivity contribution >= 4 is 5.96 Å². The number of hydrogen-bond acceptors (Lipinski definition) is 2. The zero-order chi connectivity index (χ0) is 8.10. The van der Waals surface area contributed by atoms with Crippen LogP contribution < -0.4 is 11.5 Å². The van der Waals surface area contributed by atoms with Gasteiger partial charge in [0.15, 0.2) is 5.96 Å². The highest BCUT2D eigenvalue weighted by Gasteiger charge is 2.14. The smallest absolute Gasteiger partial charge is 0.185 e. The SMILES string of the molecule is NC(N)=NCCC1CCOC1. The van der Waals surface area contributed by atoms with Gasteiger partial charge in [-0.3, -0.25) is 4.99 Å². The summed E-state index contributed by atoms with van der Waals surface area (Å²) in [4.78, 5) is 3.90. The van der Waals surface area contributed by atoms with E-state index in [0.29, 0.717) is 5.92 Å². The van der Waals surface area contributed by atoms with Crippen molar-refractivity contribution in [2.45, 2.75) is 12.8 Å². The second-order valence-electron chi connectivity index (χ2n) is 2.82. The maximum Gasteiger partial charge on any atom is 0.185 e. The van der Waals surface area contributed by atoms with E-state index in [2.05, 4.69) is 4.99 Å². The summed E-state index contributed by atoms with van der Waals surface area (Å²) < 4.78 is 5.20. The van der Waals surface area contributed by atoms with Gasteiger partial charge in [-0.1, -0.05) is 0 Å². The lowest BCUT2D eigenvalue weighted by atomic mass is 10.1. The van der Waals surface area contributed by atoms with Crippen LogP contribution in [-0.4, -0.2) is 25.7 Å². The second-order valence-corrected chi connectivity index (χ2v) is 2.82. The number of aliphatic imine (C=N–C) groups is 1. The van der Waals surface area contributed by atoms with E-state index in [1.165, 1.54) is 0 Å². The third-order valence-electron chi connectivity index (χ3n) is 1.86. The number of nitrogens with zero attached hydrogens (tertiary/aromatic N) is 1. The zero-order valence-corrected chi connectivity index (χ0v) is 6.62.